The number of benzene rings is 1. The SMILES string of the molecule is Cc1nc2c(c(=O)[nH]1)CC[C@@H]1CN(C(=O)c3cc(-n4cnnc4)ccc3Cl)C[C@H]21. The van der Waals surface area contributed by atoms with Gasteiger partial charge in [0.05, 0.1) is 16.3 Å². The predicted octanol–water partition coefficient (Wildman–Crippen LogP) is 2.11. The van der Waals surface area contributed by atoms with E-state index in [0.717, 1.165) is 23.4 Å². The van der Waals surface area contributed by atoms with E-state index in [4.69, 9.17) is 11.6 Å². The average Bonchev–Trinajstić information content (AvgIpc) is 3.37. The van der Waals surface area contributed by atoms with E-state index in [1.165, 1.54) is 0 Å². The predicted molar refractivity (Wildman–Crippen MR) is 106 cm³/mol. The largest absolute Gasteiger partial charge is 0.338 e. The van der Waals surface area contributed by atoms with Gasteiger partial charge in [-0.15, -0.1) is 10.2 Å². The fraction of sp³-hybridized carbons (Fsp3) is 0.350. The van der Waals surface area contributed by atoms with E-state index in [1.807, 2.05) is 11.0 Å². The van der Waals surface area contributed by atoms with Crippen molar-refractivity contribution in [2.24, 2.45) is 5.92 Å². The molecule has 29 heavy (non-hydrogen) atoms. The molecule has 1 aliphatic heterocycles. The van der Waals surface area contributed by atoms with Crippen LogP contribution in [0.15, 0.2) is 35.6 Å². The quantitative estimate of drug-likeness (QED) is 0.698. The molecule has 1 amide bonds. The number of carbonyl (C=O) groups is 1. The smallest absolute Gasteiger partial charge is 0.255 e. The van der Waals surface area contributed by atoms with Gasteiger partial charge in [-0.2, -0.15) is 0 Å². The molecular formula is C20H19ClN6O2. The van der Waals surface area contributed by atoms with Crippen LogP contribution in [0, 0.1) is 12.8 Å². The number of aryl methyl sites for hydroxylation is 1. The van der Waals surface area contributed by atoms with Crippen molar-refractivity contribution in [1.82, 2.24) is 29.6 Å². The van der Waals surface area contributed by atoms with Crippen LogP contribution in [-0.4, -0.2) is 48.6 Å². The zero-order chi connectivity index (χ0) is 20.1. The van der Waals surface area contributed by atoms with Gasteiger partial charge in [0.15, 0.2) is 0 Å². The summed E-state index contributed by atoms with van der Waals surface area (Å²) >= 11 is 6.36. The highest BCUT2D eigenvalue weighted by Crippen LogP contribution is 2.40. The molecular weight excluding hydrogens is 392 g/mol. The highest BCUT2D eigenvalue weighted by atomic mass is 35.5. The van der Waals surface area contributed by atoms with E-state index in [9.17, 15) is 9.59 Å². The van der Waals surface area contributed by atoms with Crippen molar-refractivity contribution in [3.05, 3.63) is 68.9 Å². The molecule has 3 heterocycles. The van der Waals surface area contributed by atoms with Crippen molar-refractivity contribution in [1.29, 1.82) is 0 Å². The fourth-order valence-corrected chi connectivity index (χ4v) is 4.69. The summed E-state index contributed by atoms with van der Waals surface area (Å²) in [6.45, 7) is 2.97. The summed E-state index contributed by atoms with van der Waals surface area (Å²) in [5.41, 5.74) is 2.78. The third-order valence-electron chi connectivity index (χ3n) is 5.91. The number of H-pyrrole nitrogens is 1. The highest BCUT2D eigenvalue weighted by molar-refractivity contribution is 6.33. The van der Waals surface area contributed by atoms with Crippen LogP contribution >= 0.6 is 11.6 Å². The maximum atomic E-state index is 13.3. The maximum absolute atomic E-state index is 13.3. The average molecular weight is 411 g/mol. The van der Waals surface area contributed by atoms with Crippen LogP contribution in [0.25, 0.3) is 5.69 Å². The van der Waals surface area contributed by atoms with Crippen molar-refractivity contribution < 1.29 is 4.79 Å². The molecule has 2 aromatic heterocycles. The third-order valence-corrected chi connectivity index (χ3v) is 6.24. The molecule has 1 aromatic carbocycles. The molecule has 5 rings (SSSR count). The Kier molecular flexibility index (Phi) is 4.24. The van der Waals surface area contributed by atoms with Crippen LogP contribution < -0.4 is 5.56 Å². The van der Waals surface area contributed by atoms with Gasteiger partial charge < -0.3 is 9.88 Å². The lowest BCUT2D eigenvalue weighted by atomic mass is 9.80. The molecule has 2 aliphatic rings. The highest BCUT2D eigenvalue weighted by Gasteiger charge is 2.41. The second-order valence-corrected chi connectivity index (χ2v) is 8.07. The molecule has 3 aromatic rings. The number of fused-ring (bicyclic) bond motifs is 3. The molecule has 1 fully saturated rings. The van der Waals surface area contributed by atoms with E-state index >= 15 is 0 Å². The first-order valence-electron chi connectivity index (χ1n) is 9.55. The standard InChI is InChI=1S/C20H19ClN6O2/c1-11-24-18-14(19(28)25-11)4-2-12-7-26(8-16(12)18)20(29)15-6-13(3-5-17(15)21)27-9-22-23-10-27/h3,5-6,9-10,12,16H,2,4,7-8H2,1H3,(H,24,25,28)/t12-,16+/m1/s1. The number of nitrogens with zero attached hydrogens (tertiary/aromatic N) is 5. The number of aromatic nitrogens is 5. The van der Waals surface area contributed by atoms with Gasteiger partial charge in [-0.1, -0.05) is 11.6 Å². The Morgan fingerprint density at radius 1 is 1.24 bits per heavy atom. The van der Waals surface area contributed by atoms with E-state index in [0.29, 0.717) is 41.8 Å². The lowest BCUT2D eigenvalue weighted by molar-refractivity contribution is 0.0786. The minimum atomic E-state index is -0.109. The summed E-state index contributed by atoms with van der Waals surface area (Å²) in [5, 5.41) is 8.02. The Hall–Kier alpha value is -3.00. The number of hydrogen-bond donors (Lipinski definition) is 1. The first-order chi connectivity index (χ1) is 14.0. The number of nitrogens with one attached hydrogen (secondary N) is 1. The van der Waals surface area contributed by atoms with Crippen LogP contribution in [0.4, 0.5) is 0 Å². The minimum absolute atomic E-state index is 0.0552. The van der Waals surface area contributed by atoms with E-state index in [1.54, 1.807) is 36.3 Å². The van der Waals surface area contributed by atoms with Gasteiger partial charge in [0.25, 0.3) is 11.5 Å². The fourth-order valence-electron chi connectivity index (χ4n) is 4.49. The van der Waals surface area contributed by atoms with Crippen LogP contribution in [0.3, 0.4) is 0 Å². The number of amides is 1. The number of carbonyl (C=O) groups excluding carboxylic acids is 1. The Morgan fingerprint density at radius 3 is 2.83 bits per heavy atom. The summed E-state index contributed by atoms with van der Waals surface area (Å²) in [4.78, 5) is 34.8. The van der Waals surface area contributed by atoms with Gasteiger partial charge in [-0.25, -0.2) is 4.98 Å². The second-order valence-electron chi connectivity index (χ2n) is 7.66. The van der Waals surface area contributed by atoms with Crippen LogP contribution in [0.2, 0.25) is 5.02 Å². The zero-order valence-corrected chi connectivity index (χ0v) is 16.6. The second kappa shape index (κ2) is 6.81. The molecule has 2 atom stereocenters. The molecule has 1 N–H and O–H groups in total. The Labute approximate surface area is 171 Å². The first kappa shape index (κ1) is 18.1. The van der Waals surface area contributed by atoms with Crippen molar-refractivity contribution in [2.75, 3.05) is 13.1 Å². The molecule has 1 saturated heterocycles. The number of likely N-dealkylation sites (tertiary alicyclic amines) is 1. The Bertz CT molecular complexity index is 1160. The summed E-state index contributed by atoms with van der Waals surface area (Å²) in [5.74, 6) is 0.898. The molecule has 0 radical (unpaired) electrons. The normalized spacial score (nSPS) is 20.4. The Balaban J connectivity index is 1.46. The van der Waals surface area contributed by atoms with Gasteiger partial charge in [0.2, 0.25) is 0 Å². The number of rotatable bonds is 2. The summed E-state index contributed by atoms with van der Waals surface area (Å²) in [6.07, 6.45) is 4.73. The molecule has 0 bridgehead atoms. The maximum Gasteiger partial charge on any atom is 0.255 e. The minimum Gasteiger partial charge on any atom is -0.338 e. The molecule has 9 heteroatoms. The van der Waals surface area contributed by atoms with Crippen LogP contribution in [-0.2, 0) is 6.42 Å². The van der Waals surface area contributed by atoms with Gasteiger partial charge in [-0.05, 0) is 43.9 Å². The van der Waals surface area contributed by atoms with Gasteiger partial charge in [-0.3, -0.25) is 14.2 Å². The van der Waals surface area contributed by atoms with Crippen LogP contribution in [0.5, 0.6) is 0 Å². The van der Waals surface area contributed by atoms with E-state index in [2.05, 4.69) is 20.2 Å². The topological polar surface area (TPSA) is 96.8 Å². The molecule has 0 spiro atoms. The monoisotopic (exact) mass is 410 g/mol. The zero-order valence-electron chi connectivity index (χ0n) is 15.8. The van der Waals surface area contributed by atoms with Crippen molar-refractivity contribution in [3.8, 4) is 5.69 Å². The van der Waals surface area contributed by atoms with Crippen molar-refractivity contribution >= 4 is 17.5 Å². The molecule has 1 aliphatic carbocycles. The summed E-state index contributed by atoms with van der Waals surface area (Å²) in [6, 6.07) is 5.30. The summed E-state index contributed by atoms with van der Waals surface area (Å²) in [7, 11) is 0. The van der Waals surface area contributed by atoms with E-state index in [-0.39, 0.29) is 17.4 Å². The third kappa shape index (κ3) is 3.04. The molecule has 8 nitrogen and oxygen atoms in total. The Morgan fingerprint density at radius 2 is 2.03 bits per heavy atom. The lowest BCUT2D eigenvalue weighted by Crippen LogP contribution is -2.29. The van der Waals surface area contributed by atoms with Gasteiger partial charge in [0.1, 0.15) is 18.5 Å². The lowest BCUT2D eigenvalue weighted by Gasteiger charge is -2.25. The first-order valence-corrected chi connectivity index (χ1v) is 9.92. The molecule has 0 saturated carbocycles. The van der Waals surface area contributed by atoms with Gasteiger partial charge >= 0.3 is 0 Å². The van der Waals surface area contributed by atoms with Gasteiger partial charge in [0, 0.05) is 30.3 Å². The number of halogens is 1. The van der Waals surface area contributed by atoms with Crippen LogP contribution in [0.1, 0.15) is 39.8 Å². The summed E-state index contributed by atoms with van der Waals surface area (Å²) < 4.78 is 1.73. The number of hydrogen-bond acceptors (Lipinski definition) is 5. The van der Waals surface area contributed by atoms with Crippen molar-refractivity contribution in [2.45, 2.75) is 25.7 Å². The van der Waals surface area contributed by atoms with E-state index < -0.39 is 0 Å². The molecule has 148 valence electrons. The molecule has 0 unspecified atom stereocenters. The van der Waals surface area contributed by atoms with Crippen molar-refractivity contribution in [3.63, 3.8) is 0 Å². The number of aromatic amines is 1.